The molecule has 0 N–H and O–H groups in total. The molecule has 94 valence electrons. The number of alkyl halides is 1. The van der Waals surface area contributed by atoms with Gasteiger partial charge in [0, 0.05) is 18.4 Å². The van der Waals surface area contributed by atoms with Gasteiger partial charge in [0.25, 0.3) is 0 Å². The minimum atomic E-state index is 0.242. The van der Waals surface area contributed by atoms with Crippen molar-refractivity contribution < 1.29 is 4.74 Å². The van der Waals surface area contributed by atoms with Gasteiger partial charge in [-0.3, -0.25) is 0 Å². The van der Waals surface area contributed by atoms with Gasteiger partial charge in [-0.05, 0) is 18.9 Å². The van der Waals surface area contributed by atoms with E-state index < -0.39 is 0 Å². The predicted molar refractivity (Wildman–Crippen MR) is 77.7 cm³/mol. The molecule has 1 aromatic carbocycles. The van der Waals surface area contributed by atoms with Crippen LogP contribution in [0.4, 0.5) is 0 Å². The van der Waals surface area contributed by atoms with Gasteiger partial charge in [-0.1, -0.05) is 64.8 Å². The van der Waals surface area contributed by atoms with Crippen LogP contribution < -0.4 is 0 Å². The molecule has 0 spiro atoms. The molecule has 0 aromatic heterocycles. The summed E-state index contributed by atoms with van der Waals surface area (Å²) in [5, 5.41) is 0.930. The number of ether oxygens (including phenoxy) is 1. The molecule has 0 radical (unpaired) electrons. The highest BCUT2D eigenvalue weighted by atomic mass is 79.9. The van der Waals surface area contributed by atoms with Crippen molar-refractivity contribution in [2.75, 3.05) is 12.4 Å². The Morgan fingerprint density at radius 2 is 2.00 bits per heavy atom. The summed E-state index contributed by atoms with van der Waals surface area (Å²) in [5.41, 5.74) is 2.68. The molecule has 0 heterocycles. The first-order valence-electron chi connectivity index (χ1n) is 5.97. The predicted octanol–water partition coefficient (Wildman–Crippen LogP) is 4.22. The summed E-state index contributed by atoms with van der Waals surface area (Å²) in [6.45, 7) is 4.35. The van der Waals surface area contributed by atoms with E-state index in [1.807, 2.05) is 6.07 Å². The van der Waals surface area contributed by atoms with Crippen LogP contribution in [0.3, 0.4) is 0 Å². The van der Waals surface area contributed by atoms with E-state index in [-0.39, 0.29) is 6.10 Å². The van der Waals surface area contributed by atoms with Gasteiger partial charge in [0.1, 0.15) is 0 Å². The number of hydrogen-bond acceptors (Lipinski definition) is 1. The van der Waals surface area contributed by atoms with E-state index in [2.05, 4.69) is 60.1 Å². The maximum absolute atomic E-state index is 5.60. The van der Waals surface area contributed by atoms with Crippen molar-refractivity contribution in [3.05, 3.63) is 47.5 Å². The Balaban J connectivity index is 2.66. The first-order chi connectivity index (χ1) is 8.17. The highest BCUT2D eigenvalue weighted by Gasteiger charge is 2.15. The van der Waals surface area contributed by atoms with Crippen LogP contribution >= 0.6 is 15.9 Å². The molecule has 0 aliphatic rings. The van der Waals surface area contributed by atoms with Crippen LogP contribution in [0.1, 0.15) is 19.4 Å². The molecule has 0 saturated carbocycles. The zero-order valence-electron chi connectivity index (χ0n) is 10.8. The van der Waals surface area contributed by atoms with Crippen LogP contribution in [-0.4, -0.2) is 18.5 Å². The lowest BCUT2D eigenvalue weighted by molar-refractivity contribution is 0.0744. The van der Waals surface area contributed by atoms with Crippen molar-refractivity contribution in [2.24, 2.45) is 5.92 Å². The van der Waals surface area contributed by atoms with E-state index in [0.717, 1.165) is 11.8 Å². The van der Waals surface area contributed by atoms with Crippen molar-refractivity contribution in [1.82, 2.24) is 0 Å². The lowest BCUT2D eigenvalue weighted by Crippen LogP contribution is -2.22. The van der Waals surface area contributed by atoms with Crippen molar-refractivity contribution in [2.45, 2.75) is 26.4 Å². The van der Waals surface area contributed by atoms with Crippen molar-refractivity contribution in [3.8, 4) is 0 Å². The van der Waals surface area contributed by atoms with Crippen LogP contribution in [0.15, 0.2) is 42.0 Å². The third-order valence-electron chi connectivity index (χ3n) is 2.93. The monoisotopic (exact) mass is 296 g/mol. The molecule has 2 atom stereocenters. The number of rotatable bonds is 6. The topological polar surface area (TPSA) is 9.23 Å². The second-order valence-corrected chi connectivity index (χ2v) is 5.03. The molecule has 0 bridgehead atoms. The Kier molecular flexibility index (Phi) is 6.53. The highest BCUT2D eigenvalue weighted by Crippen LogP contribution is 2.16. The van der Waals surface area contributed by atoms with Gasteiger partial charge in [-0.15, -0.1) is 0 Å². The van der Waals surface area contributed by atoms with E-state index in [1.54, 1.807) is 7.11 Å². The summed E-state index contributed by atoms with van der Waals surface area (Å²) in [5.74, 6) is 0.428. The summed E-state index contributed by atoms with van der Waals surface area (Å²) in [7, 11) is 1.79. The minimum absolute atomic E-state index is 0.242. The van der Waals surface area contributed by atoms with Crippen molar-refractivity contribution in [1.29, 1.82) is 0 Å². The lowest BCUT2D eigenvalue weighted by atomic mass is 9.96. The molecule has 0 fully saturated rings. The fourth-order valence-corrected chi connectivity index (χ4v) is 2.12. The van der Waals surface area contributed by atoms with E-state index in [4.69, 9.17) is 4.74 Å². The molecule has 1 nitrogen and oxygen atoms in total. The van der Waals surface area contributed by atoms with Crippen LogP contribution in [0.2, 0.25) is 0 Å². The van der Waals surface area contributed by atoms with Gasteiger partial charge in [0.05, 0.1) is 6.10 Å². The van der Waals surface area contributed by atoms with Crippen molar-refractivity contribution >= 4 is 15.9 Å². The van der Waals surface area contributed by atoms with Gasteiger partial charge in [0.15, 0.2) is 0 Å². The molecule has 1 aromatic rings. The number of hydrogen-bond donors (Lipinski definition) is 0. The standard InChI is InChI=1S/C15H21BrO/c1-12(11-16)9-13(2)15(17-3)10-14-7-5-4-6-8-14/h4-9,13,15H,10-11H2,1-3H3/t13-,15-/m0/s1. The second-order valence-electron chi connectivity index (χ2n) is 4.47. The van der Waals surface area contributed by atoms with Crippen molar-refractivity contribution in [3.63, 3.8) is 0 Å². The zero-order chi connectivity index (χ0) is 12.7. The largest absolute Gasteiger partial charge is 0.381 e. The average Bonchev–Trinajstić information content (AvgIpc) is 2.36. The van der Waals surface area contributed by atoms with Crippen LogP contribution in [-0.2, 0) is 11.2 Å². The Bertz CT molecular complexity index is 345. The highest BCUT2D eigenvalue weighted by molar-refractivity contribution is 9.09. The zero-order valence-corrected chi connectivity index (χ0v) is 12.4. The molecule has 0 unspecified atom stereocenters. The number of allylic oxidation sites excluding steroid dienone is 1. The quantitative estimate of drug-likeness (QED) is 0.564. The fourth-order valence-electron chi connectivity index (χ4n) is 1.93. The smallest absolute Gasteiger partial charge is 0.0671 e. The molecule has 0 saturated heterocycles. The van der Waals surface area contributed by atoms with E-state index in [9.17, 15) is 0 Å². The molecule has 0 amide bonds. The lowest BCUT2D eigenvalue weighted by Gasteiger charge is -2.20. The number of halogens is 1. The first-order valence-corrected chi connectivity index (χ1v) is 7.09. The van der Waals surface area contributed by atoms with E-state index >= 15 is 0 Å². The molecule has 0 aliphatic heterocycles. The maximum Gasteiger partial charge on any atom is 0.0671 e. The Morgan fingerprint density at radius 1 is 1.35 bits per heavy atom. The summed E-state index contributed by atoms with van der Waals surface area (Å²) in [4.78, 5) is 0. The van der Waals surface area contributed by atoms with Gasteiger partial charge in [-0.2, -0.15) is 0 Å². The molecule has 2 heteroatoms. The van der Waals surface area contributed by atoms with Crippen LogP contribution in [0.5, 0.6) is 0 Å². The summed E-state index contributed by atoms with van der Waals surface area (Å²) in [6.07, 6.45) is 3.49. The van der Waals surface area contributed by atoms with E-state index in [1.165, 1.54) is 11.1 Å². The minimum Gasteiger partial charge on any atom is -0.381 e. The number of methoxy groups -OCH3 is 1. The first kappa shape index (κ1) is 14.5. The van der Waals surface area contributed by atoms with Gasteiger partial charge < -0.3 is 4.74 Å². The average molecular weight is 297 g/mol. The second kappa shape index (κ2) is 7.67. The molecular formula is C15H21BrO. The number of benzene rings is 1. The van der Waals surface area contributed by atoms with Gasteiger partial charge in [0.2, 0.25) is 0 Å². The third kappa shape index (κ3) is 5.05. The molecular weight excluding hydrogens is 276 g/mol. The Morgan fingerprint density at radius 3 is 2.53 bits per heavy atom. The molecule has 1 rings (SSSR count). The van der Waals surface area contributed by atoms with Crippen LogP contribution in [0.25, 0.3) is 0 Å². The maximum atomic E-state index is 5.60. The Labute approximate surface area is 113 Å². The van der Waals surface area contributed by atoms with E-state index in [0.29, 0.717) is 5.92 Å². The molecule has 0 aliphatic carbocycles. The summed E-state index contributed by atoms with van der Waals surface area (Å²) in [6, 6.07) is 10.5. The fraction of sp³-hybridized carbons (Fsp3) is 0.467. The van der Waals surface area contributed by atoms with Gasteiger partial charge >= 0.3 is 0 Å². The Hall–Kier alpha value is -0.600. The normalized spacial score (nSPS) is 15.6. The summed E-state index contributed by atoms with van der Waals surface area (Å²) >= 11 is 3.47. The SMILES string of the molecule is CO[C@@H](Cc1ccccc1)[C@@H](C)C=C(C)CBr. The third-order valence-corrected chi connectivity index (χ3v) is 3.81. The molecule has 17 heavy (non-hydrogen) atoms. The summed E-state index contributed by atoms with van der Waals surface area (Å²) < 4.78 is 5.60. The van der Waals surface area contributed by atoms with Crippen LogP contribution in [0, 0.1) is 5.92 Å². The van der Waals surface area contributed by atoms with Gasteiger partial charge in [-0.25, -0.2) is 0 Å².